The van der Waals surface area contributed by atoms with Gasteiger partial charge in [0.25, 0.3) is 5.91 Å². The molecule has 1 fully saturated rings. The first-order chi connectivity index (χ1) is 13.4. The quantitative estimate of drug-likeness (QED) is 0.760. The summed E-state index contributed by atoms with van der Waals surface area (Å²) in [6.07, 6.45) is 0.802. The van der Waals surface area contributed by atoms with Gasteiger partial charge in [0.1, 0.15) is 11.9 Å². The Morgan fingerprint density at radius 3 is 2.39 bits per heavy atom. The van der Waals surface area contributed by atoms with E-state index in [1.807, 2.05) is 6.92 Å². The van der Waals surface area contributed by atoms with Crippen molar-refractivity contribution >= 4 is 17.5 Å². The summed E-state index contributed by atoms with van der Waals surface area (Å²) in [4.78, 5) is 27.9. The molecule has 0 aromatic heterocycles. The van der Waals surface area contributed by atoms with Crippen molar-refractivity contribution in [3.63, 3.8) is 0 Å². The van der Waals surface area contributed by atoms with E-state index in [1.54, 1.807) is 48.3 Å². The number of rotatable bonds is 4. The molecule has 1 aliphatic heterocycles. The second-order valence-corrected chi connectivity index (χ2v) is 6.85. The van der Waals surface area contributed by atoms with Crippen molar-refractivity contribution < 1.29 is 18.7 Å². The summed E-state index contributed by atoms with van der Waals surface area (Å²) in [5.74, 6) is -0.629. The van der Waals surface area contributed by atoms with Crippen molar-refractivity contribution in [2.45, 2.75) is 19.1 Å². The number of carbonyl (C=O) groups excluding carboxylic acids is 2. The van der Waals surface area contributed by atoms with Crippen LogP contribution in [0.5, 0.6) is 0 Å². The van der Waals surface area contributed by atoms with Crippen molar-refractivity contribution in [1.29, 1.82) is 0 Å². The number of ether oxygens (including phenoxy) is 1. The number of amides is 2. The summed E-state index contributed by atoms with van der Waals surface area (Å²) in [5, 5.41) is 0. The zero-order valence-electron chi connectivity index (χ0n) is 16.0. The normalized spacial score (nSPS) is 19.2. The molecule has 2 atom stereocenters. The maximum absolute atomic E-state index is 13.2. The molecule has 0 radical (unpaired) electrons. The molecule has 2 aromatic rings. The Kier molecular flexibility index (Phi) is 5.90. The Bertz CT molecular complexity index is 864. The molecule has 2 aromatic carbocycles. The van der Waals surface area contributed by atoms with Crippen LogP contribution in [0, 0.1) is 5.82 Å². The van der Waals surface area contributed by atoms with Crippen molar-refractivity contribution in [3.05, 3.63) is 78.1 Å². The molecular weight excluding hydrogens is 359 g/mol. The standard InChI is InChI=1S/C22H23FN2O3/c1-4-21(26)24(3)19-11-7-17(8-12-19)22(27)25-13-15(2)28-20(14-25)16-5-9-18(23)10-6-16/h4-12,15,20H,1,13-14H2,2-3H3/t15-,20-/m1/s1. The van der Waals surface area contributed by atoms with E-state index in [-0.39, 0.29) is 29.8 Å². The third kappa shape index (κ3) is 4.28. The Hall–Kier alpha value is -2.99. The first-order valence-corrected chi connectivity index (χ1v) is 9.09. The van der Waals surface area contributed by atoms with Crippen LogP contribution in [0.2, 0.25) is 0 Å². The molecule has 0 saturated carbocycles. The molecule has 2 amide bonds. The lowest BCUT2D eigenvalue weighted by molar-refractivity contribution is -0.113. The zero-order valence-corrected chi connectivity index (χ0v) is 16.0. The highest BCUT2D eigenvalue weighted by atomic mass is 19.1. The van der Waals surface area contributed by atoms with Gasteiger partial charge in [-0.3, -0.25) is 9.59 Å². The van der Waals surface area contributed by atoms with Crippen LogP contribution in [-0.2, 0) is 9.53 Å². The van der Waals surface area contributed by atoms with E-state index < -0.39 is 0 Å². The highest BCUT2D eigenvalue weighted by Crippen LogP contribution is 2.27. The minimum Gasteiger partial charge on any atom is -0.367 e. The summed E-state index contributed by atoms with van der Waals surface area (Å²) in [5.41, 5.74) is 2.06. The van der Waals surface area contributed by atoms with Gasteiger partial charge in [0.05, 0.1) is 12.6 Å². The van der Waals surface area contributed by atoms with E-state index in [4.69, 9.17) is 4.74 Å². The second-order valence-electron chi connectivity index (χ2n) is 6.85. The predicted molar refractivity (Wildman–Crippen MR) is 106 cm³/mol. The first kappa shape index (κ1) is 19.8. The number of halogens is 1. The highest BCUT2D eigenvalue weighted by molar-refractivity contribution is 6.01. The van der Waals surface area contributed by atoms with E-state index in [1.165, 1.54) is 23.1 Å². The fourth-order valence-electron chi connectivity index (χ4n) is 3.25. The molecule has 28 heavy (non-hydrogen) atoms. The van der Waals surface area contributed by atoms with Gasteiger partial charge in [-0.15, -0.1) is 0 Å². The molecule has 1 heterocycles. The molecule has 1 saturated heterocycles. The largest absolute Gasteiger partial charge is 0.367 e. The van der Waals surface area contributed by atoms with Crippen LogP contribution in [0.3, 0.4) is 0 Å². The topological polar surface area (TPSA) is 49.9 Å². The van der Waals surface area contributed by atoms with Gasteiger partial charge in [-0.1, -0.05) is 18.7 Å². The molecule has 0 N–H and O–H groups in total. The van der Waals surface area contributed by atoms with Gasteiger partial charge in [0.2, 0.25) is 5.91 Å². The minimum atomic E-state index is -0.305. The first-order valence-electron chi connectivity index (χ1n) is 9.09. The summed E-state index contributed by atoms with van der Waals surface area (Å²) >= 11 is 0. The lowest BCUT2D eigenvalue weighted by Crippen LogP contribution is -2.46. The summed E-state index contributed by atoms with van der Waals surface area (Å²) < 4.78 is 19.1. The SMILES string of the molecule is C=CC(=O)N(C)c1ccc(C(=O)N2C[C@@H](C)O[C@@H](c3ccc(F)cc3)C2)cc1. The fraction of sp³-hybridized carbons (Fsp3) is 0.273. The molecular formula is C22H23FN2O3. The van der Waals surface area contributed by atoms with Crippen LogP contribution in [0.15, 0.2) is 61.2 Å². The Morgan fingerprint density at radius 1 is 1.14 bits per heavy atom. The molecule has 1 aliphatic rings. The molecule has 0 bridgehead atoms. The van der Waals surface area contributed by atoms with Crippen molar-refractivity contribution in [3.8, 4) is 0 Å². The number of hydrogen-bond acceptors (Lipinski definition) is 3. The summed E-state index contributed by atoms with van der Waals surface area (Å²) in [6.45, 7) is 6.26. The Morgan fingerprint density at radius 2 is 1.79 bits per heavy atom. The van der Waals surface area contributed by atoms with Gasteiger partial charge in [0.15, 0.2) is 0 Å². The van der Waals surface area contributed by atoms with Crippen LogP contribution in [0.4, 0.5) is 10.1 Å². The van der Waals surface area contributed by atoms with Crippen LogP contribution < -0.4 is 4.90 Å². The lowest BCUT2D eigenvalue weighted by atomic mass is 10.1. The summed E-state index contributed by atoms with van der Waals surface area (Å²) in [7, 11) is 1.65. The number of carbonyl (C=O) groups is 2. The Balaban J connectivity index is 1.74. The van der Waals surface area contributed by atoms with E-state index in [0.717, 1.165) is 5.56 Å². The number of likely N-dealkylation sites (N-methyl/N-ethyl adjacent to an activating group) is 1. The van der Waals surface area contributed by atoms with Gasteiger partial charge in [-0.05, 0) is 55.0 Å². The van der Waals surface area contributed by atoms with E-state index in [0.29, 0.717) is 24.3 Å². The number of benzene rings is 2. The second kappa shape index (κ2) is 8.35. The molecule has 0 spiro atoms. The maximum Gasteiger partial charge on any atom is 0.254 e. The third-order valence-electron chi connectivity index (χ3n) is 4.80. The zero-order chi connectivity index (χ0) is 20.3. The van der Waals surface area contributed by atoms with Gasteiger partial charge >= 0.3 is 0 Å². The van der Waals surface area contributed by atoms with Gasteiger partial charge < -0.3 is 14.5 Å². The Labute approximate surface area is 164 Å². The van der Waals surface area contributed by atoms with E-state index in [9.17, 15) is 14.0 Å². The average molecular weight is 382 g/mol. The third-order valence-corrected chi connectivity index (χ3v) is 4.80. The van der Waals surface area contributed by atoms with Crippen LogP contribution in [0.1, 0.15) is 28.9 Å². The smallest absolute Gasteiger partial charge is 0.254 e. The monoisotopic (exact) mass is 382 g/mol. The van der Waals surface area contributed by atoms with Crippen molar-refractivity contribution in [2.75, 3.05) is 25.0 Å². The highest BCUT2D eigenvalue weighted by Gasteiger charge is 2.30. The van der Waals surface area contributed by atoms with Crippen LogP contribution >= 0.6 is 0 Å². The summed E-state index contributed by atoms with van der Waals surface area (Å²) in [6, 6.07) is 13.0. The van der Waals surface area contributed by atoms with Gasteiger partial charge in [0, 0.05) is 24.8 Å². The minimum absolute atomic E-state index is 0.105. The molecule has 6 heteroatoms. The molecule has 146 valence electrons. The molecule has 3 rings (SSSR count). The van der Waals surface area contributed by atoms with E-state index in [2.05, 4.69) is 6.58 Å². The number of nitrogens with zero attached hydrogens (tertiary/aromatic N) is 2. The average Bonchev–Trinajstić information content (AvgIpc) is 2.72. The van der Waals surface area contributed by atoms with Gasteiger partial charge in [-0.2, -0.15) is 0 Å². The van der Waals surface area contributed by atoms with Crippen molar-refractivity contribution in [1.82, 2.24) is 4.90 Å². The van der Waals surface area contributed by atoms with Gasteiger partial charge in [-0.25, -0.2) is 4.39 Å². The number of morpholine rings is 1. The van der Waals surface area contributed by atoms with Crippen LogP contribution in [0.25, 0.3) is 0 Å². The van der Waals surface area contributed by atoms with Crippen molar-refractivity contribution in [2.24, 2.45) is 0 Å². The predicted octanol–water partition coefficient (Wildman–Crippen LogP) is 3.58. The molecule has 5 nitrogen and oxygen atoms in total. The molecule has 0 unspecified atom stereocenters. The fourth-order valence-corrected chi connectivity index (χ4v) is 3.25. The number of anilines is 1. The maximum atomic E-state index is 13.2. The lowest BCUT2D eigenvalue weighted by Gasteiger charge is -2.37. The number of hydrogen-bond donors (Lipinski definition) is 0. The van der Waals surface area contributed by atoms with E-state index >= 15 is 0 Å². The van der Waals surface area contributed by atoms with Crippen LogP contribution in [-0.4, -0.2) is 43.0 Å². The molecule has 0 aliphatic carbocycles.